The quantitative estimate of drug-likeness (QED) is 0.733. The van der Waals surface area contributed by atoms with E-state index in [-0.39, 0.29) is 0 Å². The van der Waals surface area contributed by atoms with Crippen LogP contribution in [0.3, 0.4) is 0 Å². The number of nitrogens with one attached hydrogen (secondary N) is 1. The van der Waals surface area contributed by atoms with Crippen molar-refractivity contribution in [2.24, 2.45) is 0 Å². The number of Topliss-reactive ketones (excluding diaryl/α,β-unsaturated/α-hetero) is 1. The van der Waals surface area contributed by atoms with Crippen molar-refractivity contribution in [1.29, 1.82) is 0 Å². The number of hydrogen-bond acceptors (Lipinski definition) is 5. The summed E-state index contributed by atoms with van der Waals surface area (Å²) in [6.45, 7) is 1.42. The maximum Gasteiger partial charge on any atom is 0.334 e. The number of aromatic amines is 1. The fraction of sp³-hybridized carbons (Fsp3) is 0.250. The molecule has 122 valence electrons. The molecule has 0 radical (unpaired) electrons. The number of nitrogens with zero attached hydrogens (tertiary/aromatic N) is 4. The van der Waals surface area contributed by atoms with Crippen molar-refractivity contribution >= 4 is 17.1 Å². The number of carbonyl (C=O) groups is 1. The van der Waals surface area contributed by atoms with Crippen LogP contribution < -0.4 is 16.1 Å². The summed E-state index contributed by atoms with van der Waals surface area (Å²) < 4.78 is 3.11. The number of rotatable bonds is 2. The second-order valence-corrected chi connectivity index (χ2v) is 5.74. The van der Waals surface area contributed by atoms with Crippen LogP contribution in [0.5, 0.6) is 0 Å². The van der Waals surface area contributed by atoms with Gasteiger partial charge in [0.25, 0.3) is 5.56 Å². The lowest BCUT2D eigenvalue weighted by Crippen LogP contribution is -2.33. The van der Waals surface area contributed by atoms with Gasteiger partial charge in [0.1, 0.15) is 17.2 Å². The van der Waals surface area contributed by atoms with Crippen LogP contribution in [0.15, 0.2) is 46.4 Å². The largest absolute Gasteiger partial charge is 0.370 e. The maximum absolute atomic E-state index is 12.0. The van der Waals surface area contributed by atoms with Crippen LogP contribution in [-0.4, -0.2) is 37.8 Å². The molecular formula is C16H15N5O3. The topological polar surface area (TPSA) is 92.5 Å². The molecule has 8 heteroatoms. The van der Waals surface area contributed by atoms with Crippen LogP contribution in [0.4, 0.5) is 5.69 Å². The molecule has 0 saturated carbocycles. The van der Waals surface area contributed by atoms with Gasteiger partial charge in [0.15, 0.2) is 0 Å². The SMILES string of the molecule is O=C1CCN(c2ccn3c(-n4ccc(=O)[nH]c4=O)cnc3c2)CC1. The Morgan fingerprint density at radius 1 is 1.04 bits per heavy atom. The third-order valence-electron chi connectivity index (χ3n) is 4.23. The molecular weight excluding hydrogens is 310 g/mol. The maximum atomic E-state index is 12.0. The van der Waals surface area contributed by atoms with Crippen molar-refractivity contribution in [2.75, 3.05) is 18.0 Å². The number of carbonyl (C=O) groups excluding carboxylic acids is 1. The number of pyridine rings is 1. The van der Waals surface area contributed by atoms with E-state index in [1.807, 2.05) is 18.3 Å². The average Bonchev–Trinajstić information content (AvgIpc) is 2.98. The first-order valence-corrected chi connectivity index (χ1v) is 7.68. The lowest BCUT2D eigenvalue weighted by Gasteiger charge is -2.28. The van der Waals surface area contributed by atoms with Gasteiger partial charge in [-0.15, -0.1) is 0 Å². The van der Waals surface area contributed by atoms with E-state index in [0.29, 0.717) is 43.2 Å². The minimum absolute atomic E-state index is 0.299. The average molecular weight is 325 g/mol. The molecule has 3 aromatic rings. The first-order chi connectivity index (χ1) is 11.6. The van der Waals surface area contributed by atoms with Gasteiger partial charge in [0, 0.05) is 56.1 Å². The highest BCUT2D eigenvalue weighted by atomic mass is 16.2. The molecule has 0 unspecified atom stereocenters. The van der Waals surface area contributed by atoms with Crippen LogP contribution in [0, 0.1) is 0 Å². The molecule has 1 saturated heterocycles. The molecule has 3 aromatic heterocycles. The lowest BCUT2D eigenvalue weighted by molar-refractivity contribution is -0.119. The van der Waals surface area contributed by atoms with E-state index < -0.39 is 11.2 Å². The zero-order chi connectivity index (χ0) is 16.7. The fourth-order valence-electron chi connectivity index (χ4n) is 2.94. The van der Waals surface area contributed by atoms with Crippen molar-refractivity contribution in [2.45, 2.75) is 12.8 Å². The Hall–Kier alpha value is -3.16. The van der Waals surface area contributed by atoms with Gasteiger partial charge in [0.2, 0.25) is 0 Å². The normalized spacial score (nSPS) is 15.2. The minimum atomic E-state index is -0.511. The number of aromatic nitrogens is 4. The molecule has 0 spiro atoms. The number of fused-ring (bicyclic) bond motifs is 1. The van der Waals surface area contributed by atoms with Crippen molar-refractivity contribution in [1.82, 2.24) is 18.9 Å². The highest BCUT2D eigenvalue weighted by Crippen LogP contribution is 2.21. The first-order valence-electron chi connectivity index (χ1n) is 7.68. The molecule has 1 N–H and O–H groups in total. The molecule has 1 aliphatic heterocycles. The van der Waals surface area contributed by atoms with Crippen molar-refractivity contribution in [3.63, 3.8) is 0 Å². The second kappa shape index (κ2) is 5.48. The van der Waals surface area contributed by atoms with Crippen LogP contribution in [0.1, 0.15) is 12.8 Å². The van der Waals surface area contributed by atoms with Gasteiger partial charge in [0.05, 0.1) is 6.20 Å². The summed E-state index contributed by atoms with van der Waals surface area (Å²) in [6.07, 6.45) is 5.98. The molecule has 8 nitrogen and oxygen atoms in total. The first kappa shape index (κ1) is 14.4. The summed E-state index contributed by atoms with van der Waals surface area (Å²) in [4.78, 5) is 43.2. The number of hydrogen-bond donors (Lipinski definition) is 1. The van der Waals surface area contributed by atoms with Crippen LogP contribution in [0.2, 0.25) is 0 Å². The lowest BCUT2D eigenvalue weighted by atomic mass is 10.1. The number of H-pyrrole nitrogens is 1. The van der Waals surface area contributed by atoms with Crippen LogP contribution in [0.25, 0.3) is 11.5 Å². The number of piperidine rings is 1. The van der Waals surface area contributed by atoms with E-state index in [2.05, 4.69) is 14.9 Å². The van der Waals surface area contributed by atoms with Gasteiger partial charge in [-0.2, -0.15) is 0 Å². The molecule has 4 heterocycles. The second-order valence-electron chi connectivity index (χ2n) is 5.74. The Morgan fingerprint density at radius 2 is 1.83 bits per heavy atom. The summed E-state index contributed by atoms with van der Waals surface area (Å²) >= 11 is 0. The van der Waals surface area contributed by atoms with E-state index in [1.54, 1.807) is 10.6 Å². The van der Waals surface area contributed by atoms with Crippen LogP contribution >= 0.6 is 0 Å². The Bertz CT molecular complexity index is 1040. The van der Waals surface area contributed by atoms with Crippen molar-refractivity contribution < 1.29 is 4.79 Å². The Labute approximate surface area is 136 Å². The highest BCUT2D eigenvalue weighted by molar-refractivity contribution is 5.81. The number of imidazole rings is 1. The van der Waals surface area contributed by atoms with Gasteiger partial charge in [-0.25, -0.2) is 9.78 Å². The summed E-state index contributed by atoms with van der Waals surface area (Å²) in [5, 5.41) is 0. The van der Waals surface area contributed by atoms with Crippen LogP contribution in [-0.2, 0) is 4.79 Å². The summed E-state index contributed by atoms with van der Waals surface area (Å²) in [7, 11) is 0. The standard InChI is InChI=1S/C16H15N5O3/c22-12-2-5-19(6-3-12)11-1-7-20-13(9-11)17-10-15(20)21-8-4-14(23)18-16(21)24/h1,4,7-10H,2-3,5-6H2,(H,18,23,24). The van der Waals surface area contributed by atoms with E-state index in [1.165, 1.54) is 16.8 Å². The minimum Gasteiger partial charge on any atom is -0.370 e. The molecule has 0 atom stereocenters. The molecule has 24 heavy (non-hydrogen) atoms. The van der Waals surface area contributed by atoms with Crippen molar-refractivity contribution in [3.05, 3.63) is 57.6 Å². The predicted octanol–water partition coefficient (Wildman–Crippen LogP) is 0.343. The van der Waals surface area contributed by atoms with Gasteiger partial charge >= 0.3 is 5.69 Å². The molecule has 0 amide bonds. The molecule has 0 aliphatic carbocycles. The number of ketones is 1. The summed E-state index contributed by atoms with van der Waals surface area (Å²) in [5.41, 5.74) is 0.744. The molecule has 4 rings (SSSR count). The Kier molecular flexibility index (Phi) is 3.30. The van der Waals surface area contributed by atoms with Gasteiger partial charge in [-0.1, -0.05) is 0 Å². The Morgan fingerprint density at radius 3 is 2.58 bits per heavy atom. The van der Waals surface area contributed by atoms with E-state index >= 15 is 0 Å². The predicted molar refractivity (Wildman–Crippen MR) is 87.9 cm³/mol. The van der Waals surface area contributed by atoms with Gasteiger partial charge in [-0.05, 0) is 6.07 Å². The molecule has 0 bridgehead atoms. The van der Waals surface area contributed by atoms with E-state index in [0.717, 1.165) is 5.69 Å². The smallest absolute Gasteiger partial charge is 0.334 e. The molecule has 1 fully saturated rings. The van der Waals surface area contributed by atoms with Crippen molar-refractivity contribution in [3.8, 4) is 5.82 Å². The van der Waals surface area contributed by atoms with E-state index in [4.69, 9.17) is 0 Å². The van der Waals surface area contributed by atoms with Gasteiger partial charge in [-0.3, -0.25) is 23.5 Å². The third-order valence-corrected chi connectivity index (χ3v) is 4.23. The number of anilines is 1. The van der Waals surface area contributed by atoms with E-state index in [9.17, 15) is 14.4 Å². The molecule has 1 aliphatic rings. The zero-order valence-corrected chi connectivity index (χ0v) is 12.8. The fourth-order valence-corrected chi connectivity index (χ4v) is 2.94. The Balaban J connectivity index is 1.74. The molecule has 0 aromatic carbocycles. The highest BCUT2D eigenvalue weighted by Gasteiger charge is 2.17. The third kappa shape index (κ3) is 2.41. The van der Waals surface area contributed by atoms with Gasteiger partial charge < -0.3 is 4.90 Å². The summed E-state index contributed by atoms with van der Waals surface area (Å²) in [6, 6.07) is 5.15. The monoisotopic (exact) mass is 325 g/mol. The summed E-state index contributed by atoms with van der Waals surface area (Å²) in [5.74, 6) is 0.847. The zero-order valence-electron chi connectivity index (χ0n) is 12.8.